The quantitative estimate of drug-likeness (QED) is 0.291. The van der Waals surface area contributed by atoms with Crippen molar-refractivity contribution in [2.75, 3.05) is 54.5 Å². The third kappa shape index (κ3) is 5.71. The van der Waals surface area contributed by atoms with Crippen LogP contribution in [0.2, 0.25) is 0 Å². The minimum absolute atomic E-state index is 0.0996. The highest BCUT2D eigenvalue weighted by Crippen LogP contribution is 2.35. The van der Waals surface area contributed by atoms with Crippen LogP contribution in [-0.2, 0) is 37.8 Å². The largest absolute Gasteiger partial charge is 0.392 e. The zero-order valence-electron chi connectivity index (χ0n) is 28.3. The maximum atomic E-state index is 13.8. The zero-order valence-corrected chi connectivity index (χ0v) is 28.3. The Balaban J connectivity index is 1.04. The lowest BCUT2D eigenvalue weighted by Crippen LogP contribution is -2.60. The lowest BCUT2D eigenvalue weighted by atomic mass is 9.98. The Kier molecular flexibility index (Phi) is 8.46. The van der Waals surface area contributed by atoms with Crippen LogP contribution in [0.15, 0.2) is 53.7 Å². The molecule has 8 rings (SSSR count). The van der Waals surface area contributed by atoms with Gasteiger partial charge < -0.3 is 29.2 Å². The average Bonchev–Trinajstić information content (AvgIpc) is 3.49. The Morgan fingerprint density at radius 2 is 1.88 bits per heavy atom. The summed E-state index contributed by atoms with van der Waals surface area (Å²) in [6.07, 6.45) is 10.7. The molecule has 4 aromatic rings. The third-order valence-electron chi connectivity index (χ3n) is 10.8. The summed E-state index contributed by atoms with van der Waals surface area (Å²) in [6, 6.07) is 10.6. The van der Waals surface area contributed by atoms with Crippen molar-refractivity contribution in [2.45, 2.75) is 64.3 Å². The number of aliphatic hydroxyl groups excluding tert-OH is 1. The number of piperazine rings is 1. The lowest BCUT2D eigenvalue weighted by molar-refractivity contribution is -0.0698. The second kappa shape index (κ2) is 13.1. The monoisotopic (exact) mass is 664 g/mol. The summed E-state index contributed by atoms with van der Waals surface area (Å²) in [5.74, 6) is 0.916. The van der Waals surface area contributed by atoms with Gasteiger partial charge in [-0.05, 0) is 73.6 Å². The molecule has 2 saturated heterocycles. The molecular weight excluding hydrogens is 620 g/mol. The van der Waals surface area contributed by atoms with Crippen LogP contribution >= 0.6 is 0 Å². The molecule has 12 nitrogen and oxygen atoms in total. The van der Waals surface area contributed by atoms with Crippen LogP contribution in [0.1, 0.15) is 53.5 Å². The molecule has 0 saturated carbocycles. The molecule has 0 radical (unpaired) electrons. The van der Waals surface area contributed by atoms with E-state index in [1.165, 1.54) is 15.8 Å². The standard InChI is InChI=1S/C37H44N8O4/c1-3-26-20-42(28-22-49-23-28)12-13-43(26)27-8-9-34(39-18-27)40-31-16-25(19-41(2)36(31)47)29-10-11-38-35(30(29)21-46)45-15-14-44-32-7-5-4-6-24(32)17-33(44)37(45)48/h8-11,16-19,26,28,46H,3-7,12-15,20-23H2,1-2H3,(H,39,40). The predicted molar refractivity (Wildman–Crippen MR) is 189 cm³/mol. The van der Waals surface area contributed by atoms with Crippen LogP contribution in [0.3, 0.4) is 0 Å². The number of rotatable bonds is 8. The van der Waals surface area contributed by atoms with Crippen molar-refractivity contribution in [3.63, 3.8) is 0 Å². The van der Waals surface area contributed by atoms with Gasteiger partial charge in [-0.3, -0.25) is 19.4 Å². The van der Waals surface area contributed by atoms with E-state index in [-0.39, 0.29) is 18.1 Å². The first kappa shape index (κ1) is 31.7. The lowest BCUT2D eigenvalue weighted by Gasteiger charge is -2.47. The molecule has 12 heteroatoms. The summed E-state index contributed by atoms with van der Waals surface area (Å²) in [5, 5.41) is 13.9. The number of nitrogens with one attached hydrogen (secondary N) is 1. The van der Waals surface area contributed by atoms with Gasteiger partial charge in [0, 0.05) is 75.0 Å². The van der Waals surface area contributed by atoms with Gasteiger partial charge in [0.25, 0.3) is 11.5 Å². The molecule has 49 heavy (non-hydrogen) atoms. The van der Waals surface area contributed by atoms with Crippen molar-refractivity contribution in [3.05, 3.63) is 81.8 Å². The molecule has 1 atom stereocenters. The van der Waals surface area contributed by atoms with Crippen molar-refractivity contribution in [3.8, 4) is 11.1 Å². The molecule has 4 aromatic heterocycles. The van der Waals surface area contributed by atoms with E-state index < -0.39 is 0 Å². The van der Waals surface area contributed by atoms with Crippen molar-refractivity contribution >= 4 is 28.9 Å². The van der Waals surface area contributed by atoms with Crippen LogP contribution in [0.5, 0.6) is 0 Å². The van der Waals surface area contributed by atoms with Gasteiger partial charge in [0.2, 0.25) is 0 Å². The fraction of sp³-hybridized carbons (Fsp3) is 0.459. The van der Waals surface area contributed by atoms with Crippen LogP contribution in [0, 0.1) is 0 Å². The molecule has 0 spiro atoms. The second-order valence-corrected chi connectivity index (χ2v) is 13.7. The molecule has 0 bridgehead atoms. The molecule has 256 valence electrons. The molecule has 1 unspecified atom stereocenters. The number of hydrogen-bond donors (Lipinski definition) is 2. The Bertz CT molecular complexity index is 1930. The fourth-order valence-electron chi connectivity index (χ4n) is 8.03. The molecular formula is C37H44N8O4. The summed E-state index contributed by atoms with van der Waals surface area (Å²) < 4.78 is 9.12. The van der Waals surface area contributed by atoms with E-state index in [0.717, 1.165) is 76.2 Å². The number of carbonyl (C=O) groups excluding carboxylic acids is 1. The number of nitrogens with zero attached hydrogens (tertiary/aromatic N) is 7. The number of anilines is 4. The summed E-state index contributed by atoms with van der Waals surface area (Å²) in [5.41, 5.74) is 6.46. The Morgan fingerprint density at radius 3 is 2.63 bits per heavy atom. The maximum absolute atomic E-state index is 13.8. The van der Waals surface area contributed by atoms with E-state index in [1.54, 1.807) is 30.4 Å². The van der Waals surface area contributed by atoms with Gasteiger partial charge >= 0.3 is 0 Å². The van der Waals surface area contributed by atoms with E-state index >= 15 is 0 Å². The highest BCUT2D eigenvalue weighted by molar-refractivity contribution is 6.06. The minimum Gasteiger partial charge on any atom is -0.392 e. The summed E-state index contributed by atoms with van der Waals surface area (Å²) >= 11 is 0. The molecule has 0 aromatic carbocycles. The summed E-state index contributed by atoms with van der Waals surface area (Å²) in [7, 11) is 1.71. The van der Waals surface area contributed by atoms with E-state index in [0.29, 0.717) is 59.3 Å². The van der Waals surface area contributed by atoms with E-state index in [1.807, 2.05) is 24.4 Å². The van der Waals surface area contributed by atoms with Gasteiger partial charge in [0.15, 0.2) is 0 Å². The number of pyridine rings is 3. The van der Waals surface area contributed by atoms with Crippen LogP contribution in [0.4, 0.5) is 23.0 Å². The molecule has 1 aliphatic carbocycles. The highest BCUT2D eigenvalue weighted by atomic mass is 16.5. The first-order valence-corrected chi connectivity index (χ1v) is 17.6. The van der Waals surface area contributed by atoms with Crippen molar-refractivity contribution in [1.29, 1.82) is 0 Å². The Labute approximate surface area is 285 Å². The summed E-state index contributed by atoms with van der Waals surface area (Å²) in [4.78, 5) is 43.1. The normalized spacial score (nSPS) is 19.8. The van der Waals surface area contributed by atoms with Gasteiger partial charge in [0.05, 0.1) is 37.7 Å². The van der Waals surface area contributed by atoms with E-state index in [4.69, 9.17) is 9.72 Å². The topological polar surface area (TPSA) is 121 Å². The number of ether oxygens (including phenoxy) is 1. The summed E-state index contributed by atoms with van der Waals surface area (Å²) in [6.45, 7) is 7.70. The molecule has 1 amide bonds. The number of amides is 1. The first-order valence-electron chi connectivity index (χ1n) is 17.6. The number of aromatic nitrogens is 4. The molecule has 2 N–H and O–H groups in total. The number of hydrogen-bond acceptors (Lipinski definition) is 9. The number of carbonyl (C=O) groups is 1. The third-order valence-corrected chi connectivity index (χ3v) is 10.8. The van der Waals surface area contributed by atoms with Gasteiger partial charge in [0.1, 0.15) is 23.0 Å². The van der Waals surface area contributed by atoms with Gasteiger partial charge in [-0.2, -0.15) is 0 Å². The fourth-order valence-corrected chi connectivity index (χ4v) is 8.03. The van der Waals surface area contributed by atoms with Crippen LogP contribution < -0.4 is 20.7 Å². The van der Waals surface area contributed by atoms with Crippen molar-refractivity contribution in [2.24, 2.45) is 7.05 Å². The van der Waals surface area contributed by atoms with Crippen LogP contribution in [0.25, 0.3) is 11.1 Å². The average molecular weight is 665 g/mol. The van der Waals surface area contributed by atoms with Crippen LogP contribution in [-0.4, -0.2) is 86.5 Å². The second-order valence-electron chi connectivity index (χ2n) is 13.7. The number of aryl methyl sites for hydroxylation is 2. The SMILES string of the molecule is CCC1CN(C2COC2)CCN1c1ccc(Nc2cc(-c3ccnc(N4CCn5c(cc6c5CCCC6)C4=O)c3CO)cn(C)c2=O)nc1. The van der Waals surface area contributed by atoms with E-state index in [9.17, 15) is 14.7 Å². The zero-order chi connectivity index (χ0) is 33.6. The van der Waals surface area contributed by atoms with Crippen molar-refractivity contribution in [1.82, 2.24) is 24.0 Å². The Morgan fingerprint density at radius 1 is 1.02 bits per heavy atom. The smallest absolute Gasteiger partial charge is 0.276 e. The minimum atomic E-state index is -0.310. The number of aliphatic hydroxyl groups is 1. The molecule has 3 aliphatic heterocycles. The Hall–Kier alpha value is -4.52. The molecule has 2 fully saturated rings. The molecule has 7 heterocycles. The number of fused-ring (bicyclic) bond motifs is 3. The highest BCUT2D eigenvalue weighted by Gasteiger charge is 2.34. The predicted octanol–water partition coefficient (Wildman–Crippen LogP) is 3.72. The van der Waals surface area contributed by atoms with Gasteiger partial charge in [-0.25, -0.2) is 9.97 Å². The molecule has 4 aliphatic rings. The van der Waals surface area contributed by atoms with Crippen molar-refractivity contribution < 1.29 is 14.6 Å². The van der Waals surface area contributed by atoms with Gasteiger partial charge in [-0.15, -0.1) is 0 Å². The van der Waals surface area contributed by atoms with Gasteiger partial charge in [-0.1, -0.05) is 6.92 Å². The van der Waals surface area contributed by atoms with E-state index in [2.05, 4.69) is 37.7 Å². The maximum Gasteiger partial charge on any atom is 0.276 e. The first-order chi connectivity index (χ1) is 23.9.